The highest BCUT2D eigenvalue weighted by molar-refractivity contribution is 5.90. The highest BCUT2D eigenvalue weighted by Crippen LogP contribution is 2.24. The second-order valence-electron chi connectivity index (χ2n) is 10.1. The van der Waals surface area contributed by atoms with Crippen molar-refractivity contribution >= 4 is 5.71 Å². The van der Waals surface area contributed by atoms with Crippen molar-refractivity contribution < 1.29 is 33.6 Å². The highest BCUT2D eigenvalue weighted by atomic mass is 16.7. The van der Waals surface area contributed by atoms with Gasteiger partial charge in [-0.2, -0.15) is 0 Å². The Morgan fingerprint density at radius 1 is 0.545 bits per heavy atom. The second kappa shape index (κ2) is 18.7. The maximum atomic E-state index is 10.3. The lowest BCUT2D eigenvalue weighted by molar-refractivity contribution is -0.234. The summed E-state index contributed by atoms with van der Waals surface area (Å²) in [6.45, 7) is 1.05. The van der Waals surface area contributed by atoms with Crippen LogP contribution in [0.2, 0.25) is 0 Å². The van der Waals surface area contributed by atoms with E-state index in [1.807, 2.05) is 121 Å². The standard InChI is InChI=1S/C36H41NO7/c1-39-36(40-2)35(44-26-31-21-13-6-14-22-31)34(43-25-30-19-11-5-12-20-30)33(42-24-29-17-9-4-10-18-29)32(37-38)27-41-23-28-15-7-3-8-16-28/h3-22,33-36,38H,23-27H2,1-2H3/b37-32+/t33-,34+,35-/m1/s1. The Kier molecular flexibility index (Phi) is 14.0. The number of benzene rings is 4. The van der Waals surface area contributed by atoms with Gasteiger partial charge in [0.05, 0.1) is 33.0 Å². The summed E-state index contributed by atoms with van der Waals surface area (Å²) >= 11 is 0. The van der Waals surface area contributed by atoms with E-state index in [1.54, 1.807) is 14.2 Å². The van der Waals surface area contributed by atoms with Gasteiger partial charge < -0.3 is 33.6 Å². The molecule has 0 bridgehead atoms. The van der Waals surface area contributed by atoms with Gasteiger partial charge in [-0.3, -0.25) is 0 Å². The molecule has 232 valence electrons. The molecule has 4 rings (SSSR count). The molecule has 8 heteroatoms. The van der Waals surface area contributed by atoms with Crippen LogP contribution in [0.15, 0.2) is 126 Å². The SMILES string of the molecule is COC(OC)[C@H](OCc1ccccc1)[C@@H](OCc1ccccc1)[C@H](OCc1ccccc1)/C(COCc1ccccc1)=N/O. The summed E-state index contributed by atoms with van der Waals surface area (Å²) in [5.74, 6) is 0. The number of hydrogen-bond acceptors (Lipinski definition) is 8. The van der Waals surface area contributed by atoms with E-state index >= 15 is 0 Å². The zero-order chi connectivity index (χ0) is 30.8. The minimum atomic E-state index is -0.895. The predicted molar refractivity (Wildman–Crippen MR) is 168 cm³/mol. The van der Waals surface area contributed by atoms with Gasteiger partial charge >= 0.3 is 0 Å². The molecular weight excluding hydrogens is 558 g/mol. The van der Waals surface area contributed by atoms with E-state index in [1.165, 1.54) is 0 Å². The van der Waals surface area contributed by atoms with E-state index < -0.39 is 24.6 Å². The molecule has 0 amide bonds. The first-order valence-corrected chi connectivity index (χ1v) is 14.6. The molecule has 0 unspecified atom stereocenters. The average Bonchev–Trinajstić information content (AvgIpc) is 3.09. The first-order valence-electron chi connectivity index (χ1n) is 14.6. The number of hydrogen-bond donors (Lipinski definition) is 1. The summed E-state index contributed by atoms with van der Waals surface area (Å²) < 4.78 is 37.1. The fraction of sp³-hybridized carbons (Fsp3) is 0.306. The molecule has 0 aliphatic heterocycles. The molecule has 44 heavy (non-hydrogen) atoms. The summed E-state index contributed by atoms with van der Waals surface area (Å²) in [7, 11) is 3.09. The topological polar surface area (TPSA) is 88.0 Å². The van der Waals surface area contributed by atoms with Crippen LogP contribution in [0.1, 0.15) is 22.3 Å². The lowest BCUT2D eigenvalue weighted by atomic mass is 10.0. The summed E-state index contributed by atoms with van der Waals surface area (Å²) in [5.41, 5.74) is 4.10. The third-order valence-corrected chi connectivity index (χ3v) is 7.02. The molecule has 4 aromatic carbocycles. The number of ether oxygens (including phenoxy) is 6. The minimum absolute atomic E-state index is 0.00785. The van der Waals surface area contributed by atoms with E-state index in [2.05, 4.69) is 5.16 Å². The molecule has 0 saturated carbocycles. The molecule has 0 saturated heterocycles. The van der Waals surface area contributed by atoms with Crippen molar-refractivity contribution in [1.29, 1.82) is 0 Å². The Labute approximate surface area is 259 Å². The average molecular weight is 600 g/mol. The molecule has 0 radical (unpaired) electrons. The van der Waals surface area contributed by atoms with Crippen molar-refractivity contribution in [2.24, 2.45) is 5.16 Å². The van der Waals surface area contributed by atoms with Gasteiger partial charge in [0, 0.05) is 14.2 Å². The monoisotopic (exact) mass is 599 g/mol. The van der Waals surface area contributed by atoms with Crippen molar-refractivity contribution in [3.05, 3.63) is 144 Å². The third-order valence-electron chi connectivity index (χ3n) is 7.02. The van der Waals surface area contributed by atoms with Crippen LogP contribution in [0.3, 0.4) is 0 Å². The van der Waals surface area contributed by atoms with E-state index in [9.17, 15) is 5.21 Å². The van der Waals surface area contributed by atoms with Gasteiger partial charge in [-0.25, -0.2) is 0 Å². The molecule has 0 aliphatic rings. The van der Waals surface area contributed by atoms with Gasteiger partial charge in [0.2, 0.25) is 0 Å². The van der Waals surface area contributed by atoms with Crippen LogP contribution >= 0.6 is 0 Å². The molecule has 0 fully saturated rings. The van der Waals surface area contributed by atoms with Crippen molar-refractivity contribution in [2.75, 3.05) is 20.8 Å². The van der Waals surface area contributed by atoms with Gasteiger partial charge in [0.25, 0.3) is 0 Å². The smallest absolute Gasteiger partial charge is 0.185 e. The largest absolute Gasteiger partial charge is 0.411 e. The first kappa shape index (κ1) is 33.0. The first-order chi connectivity index (χ1) is 21.7. The van der Waals surface area contributed by atoms with E-state index in [-0.39, 0.29) is 32.1 Å². The van der Waals surface area contributed by atoms with Crippen LogP contribution in [-0.4, -0.2) is 56.3 Å². The van der Waals surface area contributed by atoms with Gasteiger partial charge in [-0.15, -0.1) is 0 Å². The van der Waals surface area contributed by atoms with Crippen LogP contribution in [0.5, 0.6) is 0 Å². The van der Waals surface area contributed by atoms with Gasteiger partial charge in [-0.05, 0) is 22.3 Å². The van der Waals surface area contributed by atoms with E-state index in [0.717, 1.165) is 22.3 Å². The van der Waals surface area contributed by atoms with Gasteiger partial charge in [0.15, 0.2) is 6.29 Å². The Morgan fingerprint density at radius 2 is 0.932 bits per heavy atom. The summed E-state index contributed by atoms with van der Waals surface area (Å²) in [6, 6.07) is 39.2. The lowest BCUT2D eigenvalue weighted by Gasteiger charge is -2.36. The molecule has 4 aromatic rings. The molecule has 0 heterocycles. The van der Waals surface area contributed by atoms with Gasteiger partial charge in [0.1, 0.15) is 24.0 Å². The molecule has 0 aliphatic carbocycles. The molecular formula is C36H41NO7. The Hall–Kier alpha value is -3.89. The molecule has 0 spiro atoms. The van der Waals surface area contributed by atoms with Crippen LogP contribution in [-0.2, 0) is 54.8 Å². The molecule has 3 atom stereocenters. The Morgan fingerprint density at radius 3 is 1.34 bits per heavy atom. The predicted octanol–water partition coefficient (Wildman–Crippen LogP) is 6.41. The zero-order valence-electron chi connectivity index (χ0n) is 25.2. The van der Waals surface area contributed by atoms with E-state index in [4.69, 9.17) is 28.4 Å². The van der Waals surface area contributed by atoms with Crippen LogP contribution in [0.25, 0.3) is 0 Å². The normalized spacial score (nSPS) is 13.9. The zero-order valence-corrected chi connectivity index (χ0v) is 25.2. The fourth-order valence-electron chi connectivity index (χ4n) is 4.74. The maximum Gasteiger partial charge on any atom is 0.185 e. The summed E-state index contributed by atoms with van der Waals surface area (Å²) in [4.78, 5) is 0. The molecule has 1 N–H and O–H groups in total. The lowest BCUT2D eigenvalue weighted by Crippen LogP contribution is -2.53. The molecule has 0 aromatic heterocycles. The van der Waals surface area contributed by atoms with Crippen molar-refractivity contribution in [3.63, 3.8) is 0 Å². The second-order valence-corrected chi connectivity index (χ2v) is 10.1. The Bertz CT molecular complexity index is 1340. The van der Waals surface area contributed by atoms with Gasteiger partial charge in [-0.1, -0.05) is 126 Å². The van der Waals surface area contributed by atoms with Crippen LogP contribution in [0.4, 0.5) is 0 Å². The number of nitrogens with zero attached hydrogens (tertiary/aromatic N) is 1. The third kappa shape index (κ3) is 10.4. The number of rotatable bonds is 19. The molecule has 8 nitrogen and oxygen atoms in total. The highest BCUT2D eigenvalue weighted by Gasteiger charge is 2.41. The number of oxime groups is 1. The van der Waals surface area contributed by atoms with Crippen molar-refractivity contribution in [3.8, 4) is 0 Å². The van der Waals surface area contributed by atoms with Crippen molar-refractivity contribution in [1.82, 2.24) is 0 Å². The summed E-state index contributed by atoms with van der Waals surface area (Å²) in [5, 5.41) is 14.0. The van der Waals surface area contributed by atoms with E-state index in [0.29, 0.717) is 6.61 Å². The minimum Gasteiger partial charge on any atom is -0.411 e. The number of methoxy groups -OCH3 is 2. The Balaban J connectivity index is 1.66. The van der Waals surface area contributed by atoms with Crippen molar-refractivity contribution in [2.45, 2.75) is 51.0 Å². The van der Waals surface area contributed by atoms with Crippen LogP contribution < -0.4 is 0 Å². The van der Waals surface area contributed by atoms with Crippen LogP contribution in [0, 0.1) is 0 Å². The fourth-order valence-corrected chi connectivity index (χ4v) is 4.74. The quantitative estimate of drug-likeness (QED) is 0.0577. The summed E-state index contributed by atoms with van der Waals surface area (Å²) in [6.07, 6.45) is -3.35. The maximum absolute atomic E-state index is 10.3.